The fourth-order valence-electron chi connectivity index (χ4n) is 3.63. The highest BCUT2D eigenvalue weighted by Crippen LogP contribution is 2.36. The minimum absolute atomic E-state index is 0.241. The lowest BCUT2D eigenvalue weighted by Crippen LogP contribution is -2.36. The molecule has 1 aliphatic heterocycles. The normalized spacial score (nSPS) is 17.0. The molecule has 1 unspecified atom stereocenters. The first kappa shape index (κ1) is 22.3. The topological polar surface area (TPSA) is 76.0 Å². The second-order valence-electron chi connectivity index (χ2n) is 7.22. The van der Waals surface area contributed by atoms with Crippen molar-refractivity contribution >= 4 is 52.5 Å². The molecule has 0 radical (unpaired) electrons. The van der Waals surface area contributed by atoms with E-state index in [1.54, 1.807) is 55.1 Å². The number of rotatable bonds is 7. The number of hydrogen-bond donors (Lipinski definition) is 1. The lowest BCUT2D eigenvalue weighted by Gasteiger charge is -2.25. The summed E-state index contributed by atoms with van der Waals surface area (Å²) in [6.45, 7) is 0. The van der Waals surface area contributed by atoms with E-state index in [1.807, 2.05) is 12.1 Å². The summed E-state index contributed by atoms with van der Waals surface area (Å²) in [6, 6.07) is 11.9. The number of hydrogen-bond acceptors (Lipinski definition) is 5. The monoisotopic (exact) mass is 485 g/mol. The van der Waals surface area contributed by atoms with E-state index in [9.17, 15) is 14.7 Å². The van der Waals surface area contributed by atoms with Crippen molar-refractivity contribution in [2.24, 2.45) is 4.99 Å². The van der Waals surface area contributed by atoms with Gasteiger partial charge in [0.15, 0.2) is 5.78 Å². The van der Waals surface area contributed by atoms with Crippen LogP contribution in [0.2, 0.25) is 10.0 Å². The van der Waals surface area contributed by atoms with Gasteiger partial charge >= 0.3 is 5.97 Å². The summed E-state index contributed by atoms with van der Waals surface area (Å²) in [7, 11) is 1.56. The predicted molar refractivity (Wildman–Crippen MR) is 128 cm³/mol. The molecule has 3 aromatic rings. The summed E-state index contributed by atoms with van der Waals surface area (Å²) in [5.41, 5.74) is 1.52. The molecular formula is C24H17Cl2NO4S. The third kappa shape index (κ3) is 4.21. The number of carbonyl (C=O) groups is 2. The molecule has 2 aromatic carbocycles. The number of carbonyl (C=O) groups excluding carboxylic acids is 1. The SMILES string of the molecule is COc1ccc(-c2csc(C(=O)O)c2)cc1CC1(C(=O)c2ccc(Cl)cc2Cl)C=CC=N1. The zero-order valence-electron chi connectivity index (χ0n) is 16.8. The molecule has 1 aliphatic rings. The Balaban J connectivity index is 1.74. The predicted octanol–water partition coefficient (Wildman–Crippen LogP) is 6.23. The minimum Gasteiger partial charge on any atom is -0.496 e. The Bertz CT molecular complexity index is 1270. The molecule has 0 fully saturated rings. The van der Waals surface area contributed by atoms with Gasteiger partial charge in [0.05, 0.1) is 12.1 Å². The van der Waals surface area contributed by atoms with Gasteiger partial charge in [0.1, 0.15) is 16.2 Å². The van der Waals surface area contributed by atoms with Crippen LogP contribution in [0.4, 0.5) is 0 Å². The molecule has 0 bridgehead atoms. The van der Waals surface area contributed by atoms with E-state index in [4.69, 9.17) is 27.9 Å². The Morgan fingerprint density at radius 3 is 2.56 bits per heavy atom. The second-order valence-corrected chi connectivity index (χ2v) is 8.98. The highest BCUT2D eigenvalue weighted by molar-refractivity contribution is 7.12. The first-order valence-corrected chi connectivity index (χ1v) is 11.2. The van der Waals surface area contributed by atoms with Gasteiger partial charge in [0, 0.05) is 23.2 Å². The largest absolute Gasteiger partial charge is 0.496 e. The summed E-state index contributed by atoms with van der Waals surface area (Å²) < 4.78 is 5.54. The molecule has 8 heteroatoms. The van der Waals surface area contributed by atoms with Crippen molar-refractivity contribution in [3.05, 3.63) is 86.0 Å². The lowest BCUT2D eigenvalue weighted by atomic mass is 9.83. The van der Waals surface area contributed by atoms with Gasteiger partial charge in [-0.1, -0.05) is 29.3 Å². The van der Waals surface area contributed by atoms with Gasteiger partial charge in [0.25, 0.3) is 0 Å². The van der Waals surface area contributed by atoms with Crippen LogP contribution in [0.15, 0.2) is 65.0 Å². The maximum atomic E-state index is 13.5. The van der Waals surface area contributed by atoms with Crippen molar-refractivity contribution in [1.82, 2.24) is 0 Å². The molecule has 1 aromatic heterocycles. The van der Waals surface area contributed by atoms with E-state index in [-0.39, 0.29) is 22.1 Å². The molecule has 162 valence electrons. The molecule has 0 spiro atoms. The Hall–Kier alpha value is -2.93. The average Bonchev–Trinajstić information content (AvgIpc) is 3.44. The molecule has 2 heterocycles. The number of carboxylic acid groups (broad SMARTS) is 1. The fourth-order valence-corrected chi connectivity index (χ4v) is 4.88. The molecule has 0 saturated heterocycles. The quantitative estimate of drug-likeness (QED) is 0.402. The molecule has 5 nitrogen and oxygen atoms in total. The zero-order valence-corrected chi connectivity index (χ0v) is 19.2. The summed E-state index contributed by atoms with van der Waals surface area (Å²) in [6.07, 6.45) is 5.32. The van der Waals surface area contributed by atoms with Crippen molar-refractivity contribution in [3.8, 4) is 16.9 Å². The van der Waals surface area contributed by atoms with Crippen LogP contribution < -0.4 is 4.74 Å². The molecule has 0 aliphatic carbocycles. The van der Waals surface area contributed by atoms with Crippen LogP contribution in [0.3, 0.4) is 0 Å². The van der Waals surface area contributed by atoms with Gasteiger partial charge in [-0.05, 0) is 70.6 Å². The van der Waals surface area contributed by atoms with Crippen molar-refractivity contribution in [2.45, 2.75) is 12.0 Å². The first-order chi connectivity index (χ1) is 15.3. The van der Waals surface area contributed by atoms with Crippen molar-refractivity contribution in [2.75, 3.05) is 7.11 Å². The number of allylic oxidation sites excluding steroid dienone is 1. The summed E-state index contributed by atoms with van der Waals surface area (Å²) >= 11 is 13.5. The maximum absolute atomic E-state index is 13.5. The van der Waals surface area contributed by atoms with E-state index in [1.165, 1.54) is 6.07 Å². The standard InChI is InChI=1S/C24H17Cl2NO4S/c1-31-20-6-3-14(16-10-21(23(29)30)32-13-16)9-15(20)12-24(7-2-8-27-24)22(28)18-5-4-17(25)11-19(18)26/h2-11,13H,12H2,1H3,(H,29,30). The van der Waals surface area contributed by atoms with Crippen LogP contribution in [0, 0.1) is 0 Å². The lowest BCUT2D eigenvalue weighted by molar-refractivity contribution is 0.0702. The average molecular weight is 486 g/mol. The number of benzene rings is 2. The number of halogens is 2. The Kier molecular flexibility index (Phi) is 6.20. The third-order valence-electron chi connectivity index (χ3n) is 5.22. The van der Waals surface area contributed by atoms with Gasteiger partial charge in [0.2, 0.25) is 0 Å². The number of thiophene rings is 1. The van der Waals surface area contributed by atoms with Gasteiger partial charge < -0.3 is 9.84 Å². The van der Waals surface area contributed by atoms with Crippen LogP contribution in [0.5, 0.6) is 5.75 Å². The van der Waals surface area contributed by atoms with E-state index in [2.05, 4.69) is 4.99 Å². The molecule has 1 atom stereocenters. The molecule has 0 saturated carbocycles. The van der Waals surface area contributed by atoms with Crippen LogP contribution in [-0.2, 0) is 6.42 Å². The van der Waals surface area contributed by atoms with Gasteiger partial charge in [-0.25, -0.2) is 4.79 Å². The number of ether oxygens (including phenoxy) is 1. The van der Waals surface area contributed by atoms with E-state index >= 15 is 0 Å². The van der Waals surface area contributed by atoms with Crippen molar-refractivity contribution in [3.63, 3.8) is 0 Å². The molecule has 0 amide bonds. The van der Waals surface area contributed by atoms with Crippen LogP contribution in [-0.4, -0.2) is 35.7 Å². The fraction of sp³-hybridized carbons (Fsp3) is 0.125. The third-order valence-corrected chi connectivity index (χ3v) is 6.68. The minimum atomic E-state index is -1.18. The highest BCUT2D eigenvalue weighted by atomic mass is 35.5. The Morgan fingerprint density at radius 1 is 1.12 bits per heavy atom. The number of ketones is 1. The van der Waals surface area contributed by atoms with E-state index < -0.39 is 11.5 Å². The maximum Gasteiger partial charge on any atom is 0.345 e. The highest BCUT2D eigenvalue weighted by Gasteiger charge is 2.39. The number of Topliss-reactive ketones (excluding diaryl/α,β-unsaturated/α-hetero) is 1. The molecule has 1 N–H and O–H groups in total. The van der Waals surface area contributed by atoms with Crippen LogP contribution in [0.1, 0.15) is 25.6 Å². The van der Waals surface area contributed by atoms with Gasteiger partial charge in [-0.2, -0.15) is 0 Å². The number of aromatic carboxylic acids is 1. The summed E-state index contributed by atoms with van der Waals surface area (Å²) in [4.78, 5) is 29.5. The number of aliphatic imine (C=N–C) groups is 1. The number of nitrogens with zero attached hydrogens (tertiary/aromatic N) is 1. The summed E-state index contributed by atoms with van der Waals surface area (Å²) in [5.74, 6) is -0.613. The number of methoxy groups -OCH3 is 1. The van der Waals surface area contributed by atoms with Gasteiger partial charge in [-0.3, -0.25) is 9.79 Å². The van der Waals surface area contributed by atoms with E-state index in [0.29, 0.717) is 16.3 Å². The van der Waals surface area contributed by atoms with Crippen molar-refractivity contribution < 1.29 is 19.4 Å². The molecular weight excluding hydrogens is 469 g/mol. The molecule has 32 heavy (non-hydrogen) atoms. The van der Waals surface area contributed by atoms with Crippen molar-refractivity contribution in [1.29, 1.82) is 0 Å². The first-order valence-electron chi connectivity index (χ1n) is 9.55. The van der Waals surface area contributed by atoms with E-state index in [0.717, 1.165) is 28.0 Å². The summed E-state index contributed by atoms with van der Waals surface area (Å²) in [5, 5.41) is 11.7. The zero-order chi connectivity index (χ0) is 22.9. The van der Waals surface area contributed by atoms with Gasteiger partial charge in [-0.15, -0.1) is 11.3 Å². The van der Waals surface area contributed by atoms with Crippen LogP contribution >= 0.6 is 34.5 Å². The Labute approximate surface area is 198 Å². The second kappa shape index (κ2) is 8.90. The van der Waals surface area contributed by atoms with Crippen LogP contribution in [0.25, 0.3) is 11.1 Å². The smallest absolute Gasteiger partial charge is 0.345 e. The Morgan fingerprint density at radius 2 is 1.94 bits per heavy atom. The molecule has 4 rings (SSSR count). The number of carboxylic acids is 1.